The van der Waals surface area contributed by atoms with Crippen molar-refractivity contribution in [3.8, 4) is 23.0 Å². The smallest absolute Gasteiger partial charge is 0.269 e. The van der Waals surface area contributed by atoms with Crippen LogP contribution in [0.4, 0.5) is 0 Å². The van der Waals surface area contributed by atoms with Gasteiger partial charge in [0.05, 0.1) is 0 Å². The molecule has 140 valence electrons. The number of benzene rings is 3. The number of para-hydroxylation sites is 1. The largest absolute Gasteiger partial charge is 0.457 e. The Morgan fingerprint density at radius 2 is 1.39 bits per heavy atom. The summed E-state index contributed by atoms with van der Waals surface area (Å²) < 4.78 is 16.2. The Hall–Kier alpha value is -4.00. The molecule has 0 saturated heterocycles. The monoisotopic (exact) mass is 376 g/mol. The highest BCUT2D eigenvalue weighted by molar-refractivity contribution is 5.99. The minimum atomic E-state index is -0.469. The van der Waals surface area contributed by atoms with Gasteiger partial charge in [-0.3, -0.25) is 20.4 Å². The molecule has 0 bridgehead atoms. The maximum atomic E-state index is 12.3. The van der Waals surface area contributed by atoms with E-state index in [9.17, 15) is 9.59 Å². The van der Waals surface area contributed by atoms with Gasteiger partial charge in [0.25, 0.3) is 11.8 Å². The van der Waals surface area contributed by atoms with Gasteiger partial charge in [-0.2, -0.15) is 0 Å². The molecule has 0 radical (unpaired) electrons. The number of fused-ring (bicyclic) bond motifs is 1. The number of hydrogen-bond acceptors (Lipinski definition) is 5. The average Bonchev–Trinajstić information content (AvgIpc) is 3.20. The molecule has 0 aromatic heterocycles. The molecule has 2 amide bonds. The van der Waals surface area contributed by atoms with Crippen molar-refractivity contribution in [1.29, 1.82) is 0 Å². The first-order chi connectivity index (χ1) is 13.7. The lowest BCUT2D eigenvalue weighted by molar-refractivity contribution is 0.0846. The van der Waals surface area contributed by atoms with Gasteiger partial charge in [-0.15, -0.1) is 0 Å². The second-order valence-electron chi connectivity index (χ2n) is 5.92. The Morgan fingerprint density at radius 3 is 2.18 bits per heavy atom. The van der Waals surface area contributed by atoms with E-state index >= 15 is 0 Å². The second kappa shape index (κ2) is 7.71. The van der Waals surface area contributed by atoms with E-state index in [0.717, 1.165) is 0 Å². The van der Waals surface area contributed by atoms with E-state index in [4.69, 9.17) is 14.2 Å². The molecular formula is C21H16N2O5. The van der Waals surface area contributed by atoms with Crippen molar-refractivity contribution < 1.29 is 23.8 Å². The minimum absolute atomic E-state index is 0.124. The topological polar surface area (TPSA) is 85.9 Å². The summed E-state index contributed by atoms with van der Waals surface area (Å²) in [5.41, 5.74) is 5.46. The fourth-order valence-electron chi connectivity index (χ4n) is 2.62. The van der Waals surface area contributed by atoms with Crippen LogP contribution in [0.15, 0.2) is 72.8 Å². The third-order valence-electron chi connectivity index (χ3n) is 4.00. The first-order valence-corrected chi connectivity index (χ1v) is 8.52. The van der Waals surface area contributed by atoms with Crippen molar-refractivity contribution in [3.63, 3.8) is 0 Å². The molecule has 0 saturated carbocycles. The van der Waals surface area contributed by atoms with E-state index in [1.54, 1.807) is 42.5 Å². The zero-order valence-electron chi connectivity index (χ0n) is 14.7. The molecule has 3 aromatic carbocycles. The van der Waals surface area contributed by atoms with Gasteiger partial charge in [0, 0.05) is 11.1 Å². The fourth-order valence-corrected chi connectivity index (χ4v) is 2.62. The van der Waals surface area contributed by atoms with Crippen LogP contribution in [0.5, 0.6) is 23.0 Å². The predicted molar refractivity (Wildman–Crippen MR) is 100 cm³/mol. The van der Waals surface area contributed by atoms with E-state index < -0.39 is 11.8 Å². The molecule has 0 atom stereocenters. The normalized spacial score (nSPS) is 11.6. The van der Waals surface area contributed by atoms with Crippen molar-refractivity contribution in [2.45, 2.75) is 0 Å². The van der Waals surface area contributed by atoms with Crippen LogP contribution < -0.4 is 25.1 Å². The molecule has 7 heteroatoms. The highest BCUT2D eigenvalue weighted by Crippen LogP contribution is 2.32. The summed E-state index contributed by atoms with van der Waals surface area (Å²) in [4.78, 5) is 24.6. The van der Waals surface area contributed by atoms with E-state index in [-0.39, 0.29) is 6.79 Å². The number of nitrogens with one attached hydrogen (secondary N) is 2. The first kappa shape index (κ1) is 17.4. The Bertz CT molecular complexity index is 1020. The van der Waals surface area contributed by atoms with Crippen molar-refractivity contribution in [2.24, 2.45) is 0 Å². The lowest BCUT2D eigenvalue weighted by Crippen LogP contribution is -2.41. The number of hydrazine groups is 1. The number of carbonyl (C=O) groups excluding carboxylic acids is 2. The Balaban J connectivity index is 1.38. The summed E-state index contributed by atoms with van der Waals surface area (Å²) >= 11 is 0. The molecule has 1 heterocycles. The lowest BCUT2D eigenvalue weighted by atomic mass is 10.2. The van der Waals surface area contributed by atoms with Crippen molar-refractivity contribution >= 4 is 11.8 Å². The quantitative estimate of drug-likeness (QED) is 0.683. The molecule has 1 aliphatic heterocycles. The highest BCUT2D eigenvalue weighted by Gasteiger charge is 2.17. The van der Waals surface area contributed by atoms with Gasteiger partial charge in [-0.1, -0.05) is 24.3 Å². The zero-order valence-corrected chi connectivity index (χ0v) is 14.7. The molecule has 2 N–H and O–H groups in total. The SMILES string of the molecule is O=C(NNC(=O)c1ccc2c(c1)OCO2)c1cccc(Oc2ccccc2)c1. The molecule has 0 fully saturated rings. The summed E-state index contributed by atoms with van der Waals surface area (Å²) in [5.74, 6) is 1.31. The van der Waals surface area contributed by atoms with Crippen LogP contribution in [0.25, 0.3) is 0 Å². The zero-order chi connectivity index (χ0) is 19.3. The van der Waals surface area contributed by atoms with Gasteiger partial charge >= 0.3 is 0 Å². The van der Waals surface area contributed by atoms with E-state index in [1.165, 1.54) is 0 Å². The lowest BCUT2D eigenvalue weighted by Gasteiger charge is -2.10. The summed E-state index contributed by atoms with van der Waals surface area (Å²) in [6, 6.07) is 20.7. The first-order valence-electron chi connectivity index (χ1n) is 8.52. The maximum absolute atomic E-state index is 12.3. The summed E-state index contributed by atoms with van der Waals surface area (Å²) in [6.07, 6.45) is 0. The van der Waals surface area contributed by atoms with Crippen LogP contribution in [-0.2, 0) is 0 Å². The number of carbonyl (C=O) groups is 2. The van der Waals surface area contributed by atoms with Crippen LogP contribution >= 0.6 is 0 Å². The molecule has 0 spiro atoms. The molecule has 0 unspecified atom stereocenters. The Morgan fingerprint density at radius 1 is 0.714 bits per heavy atom. The van der Waals surface area contributed by atoms with Crippen LogP contribution in [0.3, 0.4) is 0 Å². The molecule has 3 aromatic rings. The average molecular weight is 376 g/mol. The van der Waals surface area contributed by atoms with Gasteiger partial charge in [-0.25, -0.2) is 0 Å². The summed E-state index contributed by atoms with van der Waals surface area (Å²) in [7, 11) is 0. The molecule has 28 heavy (non-hydrogen) atoms. The second-order valence-corrected chi connectivity index (χ2v) is 5.92. The van der Waals surface area contributed by atoms with E-state index in [1.807, 2.05) is 30.3 Å². The fraction of sp³-hybridized carbons (Fsp3) is 0.0476. The predicted octanol–water partition coefficient (Wildman–Crippen LogP) is 3.28. The van der Waals surface area contributed by atoms with Gasteiger partial charge in [0.1, 0.15) is 11.5 Å². The van der Waals surface area contributed by atoms with Crippen molar-refractivity contribution in [3.05, 3.63) is 83.9 Å². The van der Waals surface area contributed by atoms with Crippen molar-refractivity contribution in [1.82, 2.24) is 10.9 Å². The van der Waals surface area contributed by atoms with Crippen LogP contribution in [-0.4, -0.2) is 18.6 Å². The third-order valence-corrected chi connectivity index (χ3v) is 4.00. The number of amides is 2. The molecule has 1 aliphatic rings. The molecule has 4 rings (SSSR count). The van der Waals surface area contributed by atoms with Crippen LogP contribution in [0.2, 0.25) is 0 Å². The Kier molecular flexibility index (Phi) is 4.79. The van der Waals surface area contributed by atoms with Gasteiger partial charge in [-0.05, 0) is 48.5 Å². The molecule has 0 aliphatic carbocycles. The van der Waals surface area contributed by atoms with E-state index in [2.05, 4.69) is 10.9 Å². The molecule has 7 nitrogen and oxygen atoms in total. The summed E-state index contributed by atoms with van der Waals surface area (Å²) in [6.45, 7) is 0.124. The number of rotatable bonds is 4. The van der Waals surface area contributed by atoms with Crippen LogP contribution in [0, 0.1) is 0 Å². The summed E-state index contributed by atoms with van der Waals surface area (Å²) in [5, 5.41) is 0. The number of hydrogen-bond donors (Lipinski definition) is 2. The third kappa shape index (κ3) is 3.88. The minimum Gasteiger partial charge on any atom is -0.457 e. The standard InChI is InChI=1S/C21H16N2O5/c24-20(14-5-4-8-17(11-14)28-16-6-2-1-3-7-16)22-23-21(25)15-9-10-18-19(12-15)27-13-26-18/h1-12H,13H2,(H,22,24)(H,23,25). The number of ether oxygens (including phenoxy) is 3. The highest BCUT2D eigenvalue weighted by atomic mass is 16.7. The van der Waals surface area contributed by atoms with E-state index in [0.29, 0.717) is 34.1 Å². The van der Waals surface area contributed by atoms with Gasteiger partial charge in [0.2, 0.25) is 6.79 Å². The maximum Gasteiger partial charge on any atom is 0.269 e. The van der Waals surface area contributed by atoms with Gasteiger partial charge < -0.3 is 14.2 Å². The van der Waals surface area contributed by atoms with Crippen molar-refractivity contribution in [2.75, 3.05) is 6.79 Å². The Labute approximate surface area is 160 Å². The molecular weight excluding hydrogens is 360 g/mol. The van der Waals surface area contributed by atoms with Gasteiger partial charge in [0.15, 0.2) is 11.5 Å². The van der Waals surface area contributed by atoms with Crippen LogP contribution in [0.1, 0.15) is 20.7 Å².